The number of fused-ring (bicyclic) bond motifs is 4. The molecule has 6 heteroatoms. The number of imidazole rings is 1. The summed E-state index contributed by atoms with van der Waals surface area (Å²) in [5, 5.41) is 21.0. The second-order valence-electron chi connectivity index (χ2n) is 10.4. The predicted octanol–water partition coefficient (Wildman–Crippen LogP) is 4.88. The van der Waals surface area contributed by atoms with Gasteiger partial charge in [-0.3, -0.25) is 4.98 Å². The van der Waals surface area contributed by atoms with E-state index < -0.39 is 5.60 Å². The van der Waals surface area contributed by atoms with Gasteiger partial charge in [0.2, 0.25) is 0 Å². The number of aryl methyl sites for hydroxylation is 1. The summed E-state index contributed by atoms with van der Waals surface area (Å²) in [6.07, 6.45) is 11.7. The Labute approximate surface area is 204 Å². The summed E-state index contributed by atoms with van der Waals surface area (Å²) in [4.78, 5) is 9.36. The van der Waals surface area contributed by atoms with Gasteiger partial charge in [0.25, 0.3) is 0 Å². The number of hydrogen-bond acceptors (Lipinski definition) is 4. The number of rotatable bonds is 4. The van der Waals surface area contributed by atoms with Gasteiger partial charge in [-0.25, -0.2) is 9.37 Å². The number of hydrogen-bond donors (Lipinski definition) is 2. The third kappa shape index (κ3) is 3.85. The van der Waals surface area contributed by atoms with Gasteiger partial charge in [-0.05, 0) is 104 Å². The van der Waals surface area contributed by atoms with Crippen LogP contribution < -0.4 is 0 Å². The molecular weight excluding hydrogens is 441 g/mol. The predicted molar refractivity (Wildman–Crippen MR) is 133 cm³/mol. The Hall–Kier alpha value is -3.09. The van der Waals surface area contributed by atoms with Crippen molar-refractivity contribution in [3.8, 4) is 11.3 Å². The van der Waals surface area contributed by atoms with E-state index in [0.29, 0.717) is 12.8 Å². The van der Waals surface area contributed by atoms with E-state index in [1.165, 1.54) is 23.3 Å². The lowest BCUT2D eigenvalue weighted by molar-refractivity contribution is -0.0804. The van der Waals surface area contributed by atoms with Crippen LogP contribution in [0.5, 0.6) is 0 Å². The second-order valence-corrected chi connectivity index (χ2v) is 10.4. The molecule has 4 aromatic rings. The first kappa shape index (κ1) is 22.4. The van der Waals surface area contributed by atoms with Crippen LogP contribution in [0, 0.1) is 11.7 Å². The van der Waals surface area contributed by atoms with Crippen molar-refractivity contribution < 1.29 is 14.6 Å². The van der Waals surface area contributed by atoms with Crippen molar-refractivity contribution in [2.75, 3.05) is 6.61 Å². The maximum Gasteiger partial charge on any atom is 0.123 e. The number of aliphatic hydroxyl groups is 2. The van der Waals surface area contributed by atoms with E-state index in [1.54, 1.807) is 12.1 Å². The highest BCUT2D eigenvalue weighted by Crippen LogP contribution is 2.53. The summed E-state index contributed by atoms with van der Waals surface area (Å²) in [5.41, 5.74) is 5.26. The summed E-state index contributed by atoms with van der Waals surface area (Å²) >= 11 is 0. The molecule has 5 nitrogen and oxygen atoms in total. The highest BCUT2D eigenvalue weighted by molar-refractivity contribution is 5.78. The molecule has 2 aliphatic carbocycles. The fourth-order valence-electron chi connectivity index (χ4n) is 6.55. The Morgan fingerprint density at radius 3 is 2.71 bits per heavy atom. The van der Waals surface area contributed by atoms with Gasteiger partial charge in [0, 0.05) is 29.1 Å². The molecule has 3 unspecified atom stereocenters. The van der Waals surface area contributed by atoms with Gasteiger partial charge in [-0.1, -0.05) is 6.07 Å². The zero-order valence-electron chi connectivity index (χ0n) is 19.7. The Balaban J connectivity index is 1.51. The lowest BCUT2D eigenvalue weighted by atomic mass is 9.56. The molecule has 35 heavy (non-hydrogen) atoms. The monoisotopic (exact) mass is 471 g/mol. The Morgan fingerprint density at radius 1 is 1.09 bits per heavy atom. The van der Waals surface area contributed by atoms with Crippen molar-refractivity contribution in [2.24, 2.45) is 5.92 Å². The van der Waals surface area contributed by atoms with Crippen LogP contribution >= 0.6 is 0 Å². The minimum absolute atomic E-state index is 0.171. The fourth-order valence-corrected chi connectivity index (χ4v) is 6.55. The highest BCUT2D eigenvalue weighted by atomic mass is 19.1. The second kappa shape index (κ2) is 8.54. The van der Waals surface area contributed by atoms with Crippen LogP contribution in [0.3, 0.4) is 0 Å². The zero-order chi connectivity index (χ0) is 24.0. The van der Waals surface area contributed by atoms with Crippen molar-refractivity contribution in [2.45, 2.75) is 56.0 Å². The zero-order valence-corrected chi connectivity index (χ0v) is 19.7. The van der Waals surface area contributed by atoms with Gasteiger partial charge in [0.05, 0.1) is 29.7 Å². The topological polar surface area (TPSA) is 70.7 Å². The Bertz CT molecular complexity index is 1350. The summed E-state index contributed by atoms with van der Waals surface area (Å²) < 4.78 is 15.6. The highest BCUT2D eigenvalue weighted by Gasteiger charge is 2.51. The number of aromatic nitrogens is 3. The molecule has 3 aromatic heterocycles. The Morgan fingerprint density at radius 2 is 1.94 bits per heavy atom. The smallest absolute Gasteiger partial charge is 0.123 e. The summed E-state index contributed by atoms with van der Waals surface area (Å²) in [5.74, 6) is -0.0111. The van der Waals surface area contributed by atoms with Crippen LogP contribution in [0.15, 0.2) is 67.3 Å². The molecule has 0 spiro atoms. The quantitative estimate of drug-likeness (QED) is 0.445. The van der Waals surface area contributed by atoms with Crippen molar-refractivity contribution in [3.05, 3.63) is 89.9 Å². The lowest BCUT2D eigenvalue weighted by Gasteiger charge is -2.49. The van der Waals surface area contributed by atoms with Gasteiger partial charge in [0.1, 0.15) is 5.82 Å². The van der Waals surface area contributed by atoms with E-state index in [1.807, 2.05) is 24.7 Å². The molecular formula is C29H30FN3O2. The molecule has 1 aromatic carbocycles. The number of aliphatic hydroxyl groups excluding tert-OH is 1. The van der Waals surface area contributed by atoms with E-state index in [2.05, 4.69) is 27.7 Å². The molecule has 0 radical (unpaired) electrons. The largest absolute Gasteiger partial charge is 0.393 e. The van der Waals surface area contributed by atoms with Crippen LogP contribution in [0.4, 0.5) is 4.39 Å². The molecule has 0 saturated heterocycles. The summed E-state index contributed by atoms with van der Waals surface area (Å²) in [6.45, 7) is -0.197. The van der Waals surface area contributed by atoms with Gasteiger partial charge in [-0.15, -0.1) is 0 Å². The first-order valence-corrected chi connectivity index (χ1v) is 12.5. The van der Waals surface area contributed by atoms with E-state index >= 15 is 0 Å². The van der Waals surface area contributed by atoms with Crippen LogP contribution in [-0.4, -0.2) is 36.8 Å². The van der Waals surface area contributed by atoms with Crippen LogP contribution in [0.2, 0.25) is 0 Å². The molecule has 2 aliphatic rings. The summed E-state index contributed by atoms with van der Waals surface area (Å²) in [6, 6.07) is 14.8. The number of benzene rings is 1. The van der Waals surface area contributed by atoms with E-state index in [4.69, 9.17) is 4.98 Å². The minimum atomic E-state index is -1.02. The Kier molecular flexibility index (Phi) is 5.46. The molecule has 0 aliphatic heterocycles. The standard InChI is InChI=1S/C29H30FN3O2/c30-23-9-7-20(8-10-23)27-26-14-21-4-3-5-22-15-28(35,18-34)11-12-29(22,16-24-6-1-2-13-31-24)25(21)17-33(26)19-32-27/h1-2,6-10,13-14,17,19,22,34-35H,3-5,11-12,15-16,18H2. The number of pyridine rings is 2. The van der Waals surface area contributed by atoms with Gasteiger partial charge < -0.3 is 14.6 Å². The van der Waals surface area contributed by atoms with Gasteiger partial charge in [-0.2, -0.15) is 0 Å². The number of halogens is 1. The maximum atomic E-state index is 13.5. The van der Waals surface area contributed by atoms with Gasteiger partial charge >= 0.3 is 0 Å². The SMILES string of the molecule is OCC1(O)CCC2(Cc3ccccn3)c3cn4cnc(-c5ccc(F)cc5)c4cc3CCCC2C1. The van der Waals surface area contributed by atoms with E-state index in [-0.39, 0.29) is 23.8 Å². The van der Waals surface area contributed by atoms with Crippen LogP contribution in [-0.2, 0) is 18.3 Å². The molecule has 6 rings (SSSR count). The van der Waals surface area contributed by atoms with E-state index in [0.717, 1.165) is 54.6 Å². The fraction of sp³-hybridized carbons (Fsp3) is 0.379. The molecule has 1 fully saturated rings. The van der Waals surface area contributed by atoms with Gasteiger partial charge in [0.15, 0.2) is 0 Å². The average molecular weight is 472 g/mol. The molecule has 3 heterocycles. The third-order valence-electron chi connectivity index (χ3n) is 8.37. The van der Waals surface area contributed by atoms with Crippen LogP contribution in [0.1, 0.15) is 48.9 Å². The maximum absolute atomic E-state index is 13.5. The first-order chi connectivity index (χ1) is 17.0. The molecule has 0 bridgehead atoms. The summed E-state index contributed by atoms with van der Waals surface area (Å²) in [7, 11) is 0. The molecule has 180 valence electrons. The van der Waals surface area contributed by atoms with Crippen molar-refractivity contribution in [3.63, 3.8) is 0 Å². The molecule has 2 N–H and O–H groups in total. The third-order valence-corrected chi connectivity index (χ3v) is 8.37. The average Bonchev–Trinajstić information content (AvgIpc) is 3.23. The van der Waals surface area contributed by atoms with Crippen molar-refractivity contribution in [1.82, 2.24) is 14.4 Å². The normalized spacial score (nSPS) is 26.2. The number of nitrogens with zero attached hydrogens (tertiary/aromatic N) is 3. The van der Waals surface area contributed by atoms with Crippen molar-refractivity contribution >= 4 is 5.52 Å². The minimum Gasteiger partial charge on any atom is -0.393 e. The van der Waals surface area contributed by atoms with E-state index in [9.17, 15) is 14.6 Å². The van der Waals surface area contributed by atoms with Crippen LogP contribution in [0.25, 0.3) is 16.8 Å². The molecule has 3 atom stereocenters. The molecule has 0 amide bonds. The molecule has 1 saturated carbocycles. The van der Waals surface area contributed by atoms with Crippen molar-refractivity contribution in [1.29, 1.82) is 0 Å². The first-order valence-electron chi connectivity index (χ1n) is 12.5. The lowest BCUT2D eigenvalue weighted by Crippen LogP contribution is -2.50.